The van der Waals surface area contributed by atoms with Crippen LogP contribution in [0.4, 0.5) is 5.69 Å². The summed E-state index contributed by atoms with van der Waals surface area (Å²) in [5.41, 5.74) is 5.64. The lowest BCUT2D eigenvalue weighted by Crippen LogP contribution is -2.36. The molecule has 7 aromatic rings. The minimum atomic E-state index is -4.25. The second kappa shape index (κ2) is 17.5. The van der Waals surface area contributed by atoms with Gasteiger partial charge in [-0.05, 0) is 43.9 Å². The summed E-state index contributed by atoms with van der Waals surface area (Å²) >= 11 is 1.00. The van der Waals surface area contributed by atoms with Gasteiger partial charge >= 0.3 is 5.89 Å². The zero-order valence-electron chi connectivity index (χ0n) is 32.3. The summed E-state index contributed by atoms with van der Waals surface area (Å²) in [7, 11) is -8.42. The van der Waals surface area contributed by atoms with E-state index in [-0.39, 0.29) is 19.4 Å². The maximum Gasteiger partial charge on any atom is 0.379 e. The third-order valence-electron chi connectivity index (χ3n) is 10.7. The molecule has 0 saturated carbocycles. The number of fused-ring (bicyclic) bond motifs is 8. The summed E-state index contributed by atoms with van der Waals surface area (Å²) in [6.07, 6.45) is 5.42. The number of hydrogen-bond donors (Lipinski definition) is 3. The SMILES string of the molecule is O=CCCCCN1C(=Cc2oc3cc4c(cc3[n+]2CCCS(=O)(=O)O)c2ccccc2n4CCCS(=O)(=O)O)Oc2cc3c(cc21)c1ccccc1n3CCCSOOO. The first-order valence-corrected chi connectivity index (χ1v) is 23.6. The Bertz CT molecular complexity index is 2990. The van der Waals surface area contributed by atoms with Crippen molar-refractivity contribution in [3.63, 3.8) is 0 Å². The topological polar surface area (TPSA) is 204 Å². The third kappa shape index (κ3) is 8.75. The van der Waals surface area contributed by atoms with E-state index in [4.69, 9.17) is 14.4 Å². The molecule has 0 radical (unpaired) electrons. The molecule has 4 aromatic carbocycles. The molecular weight excluding hydrogens is 837 g/mol. The first-order valence-electron chi connectivity index (χ1n) is 19.5. The van der Waals surface area contributed by atoms with Gasteiger partial charge in [-0.2, -0.15) is 21.4 Å². The van der Waals surface area contributed by atoms with Gasteiger partial charge in [-0.15, -0.1) is 4.33 Å². The maximum atomic E-state index is 11.8. The van der Waals surface area contributed by atoms with Crippen LogP contribution in [-0.4, -0.2) is 70.4 Å². The van der Waals surface area contributed by atoms with Crippen LogP contribution in [0.25, 0.3) is 60.8 Å². The molecule has 0 saturated heterocycles. The molecule has 316 valence electrons. The quantitative estimate of drug-likeness (QED) is 0.0129. The molecule has 3 aromatic heterocycles. The smallest absolute Gasteiger partial charge is 0.379 e. The van der Waals surface area contributed by atoms with Crippen molar-refractivity contribution in [2.45, 2.75) is 58.2 Å². The number of aldehydes is 1. The van der Waals surface area contributed by atoms with Gasteiger partial charge < -0.3 is 28.0 Å². The molecule has 4 heterocycles. The van der Waals surface area contributed by atoms with Crippen LogP contribution in [0.2, 0.25) is 0 Å². The fourth-order valence-electron chi connectivity index (χ4n) is 8.19. The molecule has 1 aliphatic heterocycles. The summed E-state index contributed by atoms with van der Waals surface area (Å²) in [6, 6.07) is 23.8. The van der Waals surface area contributed by atoms with E-state index in [0.717, 1.165) is 67.6 Å². The number of oxazole rings is 1. The molecule has 0 aliphatic carbocycles. The van der Waals surface area contributed by atoms with Crippen molar-refractivity contribution in [3.8, 4) is 5.75 Å². The zero-order valence-corrected chi connectivity index (χ0v) is 34.8. The summed E-state index contributed by atoms with van der Waals surface area (Å²) < 4.78 is 89.8. The highest BCUT2D eigenvalue weighted by Crippen LogP contribution is 2.45. The number of unbranched alkanes of at least 4 members (excludes halogenated alkanes) is 2. The largest absolute Gasteiger partial charge is 0.438 e. The maximum absolute atomic E-state index is 11.8. The minimum absolute atomic E-state index is 0.0832. The number of benzene rings is 4. The number of nitrogens with zero attached hydrogens (tertiary/aromatic N) is 4. The first kappa shape index (κ1) is 41.7. The van der Waals surface area contributed by atoms with Gasteiger partial charge in [-0.3, -0.25) is 9.11 Å². The van der Waals surface area contributed by atoms with Crippen LogP contribution in [0.15, 0.2) is 83.1 Å². The molecule has 16 nitrogen and oxygen atoms in total. The van der Waals surface area contributed by atoms with Crippen molar-refractivity contribution >= 4 is 105 Å². The number of aromatic nitrogens is 3. The monoisotopic (exact) mass is 879 g/mol. The Morgan fingerprint density at radius 3 is 2.07 bits per heavy atom. The second-order valence-corrected chi connectivity index (χ2v) is 18.5. The number of anilines is 1. The van der Waals surface area contributed by atoms with Crippen molar-refractivity contribution in [2.24, 2.45) is 0 Å². The van der Waals surface area contributed by atoms with Gasteiger partial charge in [-0.1, -0.05) is 41.4 Å². The van der Waals surface area contributed by atoms with Crippen molar-refractivity contribution in [1.82, 2.24) is 9.13 Å². The number of rotatable bonds is 20. The zero-order chi connectivity index (χ0) is 42.0. The minimum Gasteiger partial charge on any atom is -0.438 e. The molecule has 1 aliphatic rings. The average molecular weight is 880 g/mol. The Morgan fingerprint density at radius 1 is 0.733 bits per heavy atom. The van der Waals surface area contributed by atoms with E-state index >= 15 is 0 Å². The van der Waals surface area contributed by atoms with Crippen LogP contribution in [-0.2, 0) is 54.0 Å². The Balaban J connectivity index is 1.24. The van der Waals surface area contributed by atoms with Crippen molar-refractivity contribution < 1.29 is 59.1 Å². The number of aryl methyl sites for hydroxylation is 3. The van der Waals surface area contributed by atoms with Crippen molar-refractivity contribution in [2.75, 3.05) is 28.7 Å². The molecular formula is C41H43N4O12S3+. The normalized spacial score (nSPS) is 14.1. The Labute approximate surface area is 349 Å². The molecule has 0 fully saturated rings. The van der Waals surface area contributed by atoms with Gasteiger partial charge in [0.25, 0.3) is 25.8 Å². The molecule has 60 heavy (non-hydrogen) atoms. The third-order valence-corrected chi connectivity index (χ3v) is 12.9. The highest BCUT2D eigenvalue weighted by atomic mass is 32.2. The van der Waals surface area contributed by atoms with E-state index in [1.165, 1.54) is 0 Å². The molecule has 19 heteroatoms. The molecule has 0 amide bonds. The van der Waals surface area contributed by atoms with E-state index in [0.29, 0.717) is 79.7 Å². The molecule has 0 atom stereocenters. The van der Waals surface area contributed by atoms with E-state index in [9.17, 15) is 30.7 Å². The Morgan fingerprint density at radius 2 is 1.38 bits per heavy atom. The van der Waals surface area contributed by atoms with Crippen LogP contribution in [0.1, 0.15) is 44.4 Å². The number of hydrogen-bond acceptors (Lipinski definition) is 12. The number of para-hydroxylation sites is 2. The van der Waals surface area contributed by atoms with Crippen LogP contribution < -0.4 is 14.2 Å². The summed E-state index contributed by atoms with van der Waals surface area (Å²) in [5.74, 6) is 1.15. The average Bonchev–Trinajstić information content (AvgIpc) is 3.91. The second-order valence-electron chi connectivity index (χ2n) is 14.6. The highest BCUT2D eigenvalue weighted by molar-refractivity contribution is 7.94. The summed E-state index contributed by atoms with van der Waals surface area (Å²) in [4.78, 5) is 13.3. The molecule has 3 N–H and O–H groups in total. The molecule has 0 unspecified atom stereocenters. The number of carbonyl (C=O) groups is 1. The Hall–Kier alpha value is -4.99. The predicted octanol–water partition coefficient (Wildman–Crippen LogP) is 7.52. The standard InChI is InChI=1S/C41H42N4O12S3/c46-19-7-1-6-15-44-36-23-30-28-11-2-4-13-32(28)42(16-8-20-58-57-56-47)34(30)25-38(36)54-40(44)27-41-45(18-10-22-60(51,52)53)37-24-31-29-12-3-5-14-33(29)43(17-9-21-59(48,49)50)35(31)26-39(37)55-41/h2-5,11-14,19,23-27H,1,6-10,15-18,20-22H2,(H2-,47,48,49,50,51,52,53)/p+1. The van der Waals surface area contributed by atoms with Crippen LogP contribution >= 0.6 is 12.0 Å². The van der Waals surface area contributed by atoms with Gasteiger partial charge in [-0.25, -0.2) is 5.26 Å². The van der Waals surface area contributed by atoms with Crippen molar-refractivity contribution in [1.29, 1.82) is 0 Å². The van der Waals surface area contributed by atoms with Crippen LogP contribution in [0.3, 0.4) is 0 Å². The molecule has 8 rings (SSSR count). The van der Waals surface area contributed by atoms with E-state index in [1.807, 2.05) is 63.7 Å². The van der Waals surface area contributed by atoms with Crippen molar-refractivity contribution in [3.05, 3.63) is 84.6 Å². The van der Waals surface area contributed by atoms with E-state index in [2.05, 4.69) is 37.0 Å². The molecule has 0 spiro atoms. The Kier molecular flexibility index (Phi) is 12.2. The fraction of sp³-hybridized carbons (Fsp3) is 0.317. The fourth-order valence-corrected chi connectivity index (χ4v) is 9.54. The number of ether oxygens (including phenoxy) is 1. The van der Waals surface area contributed by atoms with Crippen LogP contribution in [0, 0.1) is 0 Å². The lowest BCUT2D eigenvalue weighted by Gasteiger charge is -2.17. The summed E-state index contributed by atoms with van der Waals surface area (Å²) in [5, 5.41) is 16.1. The van der Waals surface area contributed by atoms with Gasteiger partial charge in [0.05, 0.1) is 28.2 Å². The first-order chi connectivity index (χ1) is 28.9. The van der Waals surface area contributed by atoms with E-state index in [1.54, 1.807) is 6.08 Å². The lowest BCUT2D eigenvalue weighted by atomic mass is 10.1. The predicted molar refractivity (Wildman–Crippen MR) is 229 cm³/mol. The van der Waals surface area contributed by atoms with Gasteiger partial charge in [0, 0.05) is 101 Å². The molecule has 0 bridgehead atoms. The summed E-state index contributed by atoms with van der Waals surface area (Å²) in [6.45, 7) is 1.65. The van der Waals surface area contributed by atoms with Gasteiger partial charge in [0.2, 0.25) is 11.5 Å². The van der Waals surface area contributed by atoms with E-state index < -0.39 is 31.7 Å². The van der Waals surface area contributed by atoms with Crippen LogP contribution in [0.5, 0.6) is 5.75 Å². The highest BCUT2D eigenvalue weighted by Gasteiger charge is 2.32. The van der Waals surface area contributed by atoms with Gasteiger partial charge in [0.1, 0.15) is 12.4 Å². The lowest BCUT2D eigenvalue weighted by molar-refractivity contribution is -0.677. The van der Waals surface area contributed by atoms with Gasteiger partial charge in [0.15, 0.2) is 12.3 Å². The number of carbonyl (C=O) groups excluding carboxylic acids is 1.